The lowest BCUT2D eigenvalue weighted by molar-refractivity contribution is -0.113. The van der Waals surface area contributed by atoms with Crippen LogP contribution in [0.5, 0.6) is 5.75 Å². The molecule has 0 aliphatic carbocycles. The number of carbonyl (C=O) groups excluding carboxylic acids is 1. The van der Waals surface area contributed by atoms with Gasteiger partial charge in [0.05, 0.1) is 18.4 Å². The van der Waals surface area contributed by atoms with Crippen LogP contribution >= 0.6 is 23.4 Å². The molecule has 0 aliphatic heterocycles. The summed E-state index contributed by atoms with van der Waals surface area (Å²) < 4.78 is 5.33. The second kappa shape index (κ2) is 8.45. The average Bonchev–Trinajstić information content (AvgIpc) is 3.08. The molecule has 1 amide bonds. The van der Waals surface area contributed by atoms with Crippen LogP contribution in [-0.2, 0) is 4.79 Å². The fraction of sp³-hybridized carbons (Fsp3) is 0.211. The Morgan fingerprint density at radius 3 is 2.67 bits per heavy atom. The molecule has 0 aliphatic rings. The molecule has 3 aromatic rings. The van der Waals surface area contributed by atoms with E-state index in [0.717, 1.165) is 16.8 Å². The number of nitrogens with one attached hydrogen (secondary N) is 2. The van der Waals surface area contributed by atoms with Gasteiger partial charge in [0.1, 0.15) is 5.75 Å². The molecule has 1 aromatic heterocycles. The van der Waals surface area contributed by atoms with Crippen LogP contribution in [-0.4, -0.2) is 34.0 Å². The zero-order chi connectivity index (χ0) is 19.4. The number of amides is 1. The van der Waals surface area contributed by atoms with Gasteiger partial charge in [-0.15, -0.1) is 5.10 Å². The molecule has 140 valence electrons. The number of ether oxygens (including phenoxy) is 1. The number of aryl methyl sites for hydroxylation is 2. The van der Waals surface area contributed by atoms with Crippen molar-refractivity contribution in [2.45, 2.75) is 19.0 Å². The van der Waals surface area contributed by atoms with Gasteiger partial charge in [0, 0.05) is 10.7 Å². The summed E-state index contributed by atoms with van der Waals surface area (Å²) in [7, 11) is 1.58. The molecule has 0 bridgehead atoms. The molecule has 0 saturated heterocycles. The Kier molecular flexibility index (Phi) is 6.03. The van der Waals surface area contributed by atoms with Gasteiger partial charge >= 0.3 is 0 Å². The summed E-state index contributed by atoms with van der Waals surface area (Å²) in [6.07, 6.45) is 0. The zero-order valence-electron chi connectivity index (χ0n) is 15.2. The average molecular weight is 403 g/mol. The standard InChI is InChI=1S/C19H19ClN4O2S/c1-11-6-12(2)8-14(7-11)21-17(25)10-27-19-22-18(23-24-19)15-9-13(20)4-5-16(15)26-3/h4-9H,10H2,1-3H3,(H,21,25)(H,22,23,24). The van der Waals surface area contributed by atoms with Crippen LogP contribution in [0.15, 0.2) is 41.6 Å². The van der Waals surface area contributed by atoms with E-state index in [9.17, 15) is 4.79 Å². The molecule has 1 heterocycles. The normalized spacial score (nSPS) is 10.7. The van der Waals surface area contributed by atoms with Crippen molar-refractivity contribution in [3.05, 3.63) is 52.5 Å². The monoisotopic (exact) mass is 402 g/mol. The van der Waals surface area contributed by atoms with Gasteiger partial charge in [-0.3, -0.25) is 9.89 Å². The topological polar surface area (TPSA) is 79.9 Å². The maximum atomic E-state index is 12.2. The van der Waals surface area contributed by atoms with Crippen LogP contribution in [0.25, 0.3) is 11.4 Å². The van der Waals surface area contributed by atoms with Gasteiger partial charge in [0.2, 0.25) is 11.1 Å². The van der Waals surface area contributed by atoms with E-state index in [1.807, 2.05) is 26.0 Å². The second-order valence-electron chi connectivity index (χ2n) is 6.02. The van der Waals surface area contributed by atoms with Crippen LogP contribution in [0.1, 0.15) is 11.1 Å². The van der Waals surface area contributed by atoms with Crippen molar-refractivity contribution in [2.24, 2.45) is 0 Å². The van der Waals surface area contributed by atoms with E-state index in [4.69, 9.17) is 16.3 Å². The molecule has 6 nitrogen and oxygen atoms in total. The Morgan fingerprint density at radius 1 is 1.22 bits per heavy atom. The molecular formula is C19H19ClN4O2S. The van der Waals surface area contributed by atoms with Gasteiger partial charge in [-0.05, 0) is 55.3 Å². The first kappa shape index (κ1) is 19.3. The fourth-order valence-corrected chi connectivity index (χ4v) is 3.44. The molecule has 0 fully saturated rings. The number of halogens is 1. The van der Waals surface area contributed by atoms with Crippen molar-refractivity contribution in [1.82, 2.24) is 15.2 Å². The largest absolute Gasteiger partial charge is 0.496 e. The van der Waals surface area contributed by atoms with Gasteiger partial charge in [-0.1, -0.05) is 29.4 Å². The Labute approximate surface area is 166 Å². The summed E-state index contributed by atoms with van der Waals surface area (Å²) in [6, 6.07) is 11.2. The van der Waals surface area contributed by atoms with E-state index in [1.54, 1.807) is 25.3 Å². The molecular weight excluding hydrogens is 384 g/mol. The lowest BCUT2D eigenvalue weighted by Gasteiger charge is -2.06. The fourth-order valence-electron chi connectivity index (χ4n) is 2.67. The molecule has 0 unspecified atom stereocenters. The number of carbonyl (C=O) groups is 1. The predicted octanol–water partition coefficient (Wildman–Crippen LogP) is 4.48. The number of rotatable bonds is 6. The molecule has 0 radical (unpaired) electrons. The number of methoxy groups -OCH3 is 1. The number of hydrogen-bond donors (Lipinski definition) is 2. The number of nitrogens with zero attached hydrogens (tertiary/aromatic N) is 2. The SMILES string of the molecule is COc1ccc(Cl)cc1-c1nc(SCC(=O)Nc2cc(C)cc(C)c2)n[nH]1. The highest BCUT2D eigenvalue weighted by atomic mass is 35.5. The number of thioether (sulfide) groups is 1. The van der Waals surface area contributed by atoms with Gasteiger partial charge in [0.25, 0.3) is 0 Å². The highest BCUT2D eigenvalue weighted by Gasteiger charge is 2.13. The number of benzene rings is 2. The van der Waals surface area contributed by atoms with Crippen molar-refractivity contribution in [3.8, 4) is 17.1 Å². The Balaban J connectivity index is 1.64. The number of H-pyrrole nitrogens is 1. The van der Waals surface area contributed by atoms with Crippen molar-refractivity contribution in [2.75, 3.05) is 18.2 Å². The molecule has 0 spiro atoms. The summed E-state index contributed by atoms with van der Waals surface area (Å²) in [5.74, 6) is 1.26. The minimum absolute atomic E-state index is 0.114. The van der Waals surface area contributed by atoms with Gasteiger partial charge in [0.15, 0.2) is 5.82 Å². The molecule has 2 N–H and O–H groups in total. The molecule has 2 aromatic carbocycles. The van der Waals surface area contributed by atoms with Crippen LogP contribution in [0.4, 0.5) is 5.69 Å². The highest BCUT2D eigenvalue weighted by Crippen LogP contribution is 2.31. The van der Waals surface area contributed by atoms with E-state index < -0.39 is 0 Å². The Bertz CT molecular complexity index is 954. The predicted molar refractivity (Wildman–Crippen MR) is 109 cm³/mol. The molecule has 0 atom stereocenters. The molecule has 0 saturated carbocycles. The maximum absolute atomic E-state index is 12.2. The lowest BCUT2D eigenvalue weighted by Crippen LogP contribution is -2.14. The summed E-state index contributed by atoms with van der Waals surface area (Å²) in [4.78, 5) is 16.6. The van der Waals surface area contributed by atoms with E-state index >= 15 is 0 Å². The number of aromatic amines is 1. The third kappa shape index (κ3) is 5.02. The number of anilines is 1. The molecule has 27 heavy (non-hydrogen) atoms. The Morgan fingerprint density at radius 2 is 1.96 bits per heavy atom. The van der Waals surface area contributed by atoms with Crippen LogP contribution in [0, 0.1) is 13.8 Å². The maximum Gasteiger partial charge on any atom is 0.234 e. The lowest BCUT2D eigenvalue weighted by atomic mass is 10.1. The van der Waals surface area contributed by atoms with Crippen molar-refractivity contribution < 1.29 is 9.53 Å². The van der Waals surface area contributed by atoms with Crippen molar-refractivity contribution in [3.63, 3.8) is 0 Å². The van der Waals surface area contributed by atoms with Crippen molar-refractivity contribution >= 4 is 35.0 Å². The minimum atomic E-state index is -0.114. The molecule has 3 rings (SSSR count). The zero-order valence-corrected chi connectivity index (χ0v) is 16.7. The first-order valence-electron chi connectivity index (χ1n) is 8.22. The number of hydrogen-bond acceptors (Lipinski definition) is 5. The highest BCUT2D eigenvalue weighted by molar-refractivity contribution is 7.99. The first-order valence-corrected chi connectivity index (χ1v) is 9.58. The van der Waals surface area contributed by atoms with Crippen LogP contribution in [0.2, 0.25) is 5.02 Å². The second-order valence-corrected chi connectivity index (χ2v) is 7.40. The third-order valence-electron chi connectivity index (χ3n) is 3.72. The van der Waals surface area contributed by atoms with E-state index in [2.05, 4.69) is 26.6 Å². The third-order valence-corrected chi connectivity index (χ3v) is 4.80. The first-order chi connectivity index (χ1) is 12.9. The minimum Gasteiger partial charge on any atom is -0.496 e. The summed E-state index contributed by atoms with van der Waals surface area (Å²) in [6.45, 7) is 3.99. The summed E-state index contributed by atoms with van der Waals surface area (Å²) >= 11 is 7.31. The van der Waals surface area contributed by atoms with Gasteiger partial charge in [-0.2, -0.15) is 0 Å². The number of aromatic nitrogens is 3. The summed E-state index contributed by atoms with van der Waals surface area (Å²) in [5, 5.41) is 11.0. The van der Waals surface area contributed by atoms with Gasteiger partial charge < -0.3 is 10.1 Å². The van der Waals surface area contributed by atoms with Crippen LogP contribution < -0.4 is 10.1 Å². The van der Waals surface area contributed by atoms with Crippen molar-refractivity contribution in [1.29, 1.82) is 0 Å². The van der Waals surface area contributed by atoms with E-state index in [-0.39, 0.29) is 11.7 Å². The van der Waals surface area contributed by atoms with Crippen LogP contribution in [0.3, 0.4) is 0 Å². The van der Waals surface area contributed by atoms with E-state index in [1.165, 1.54) is 11.8 Å². The Hall–Kier alpha value is -2.51. The van der Waals surface area contributed by atoms with E-state index in [0.29, 0.717) is 27.3 Å². The quantitative estimate of drug-likeness (QED) is 0.594. The molecule has 8 heteroatoms. The smallest absolute Gasteiger partial charge is 0.234 e. The van der Waals surface area contributed by atoms with Gasteiger partial charge in [-0.25, -0.2) is 4.98 Å². The summed E-state index contributed by atoms with van der Waals surface area (Å²) in [5.41, 5.74) is 3.71.